The molecule has 4 nitrogen and oxygen atoms in total. The molecule has 0 unspecified atom stereocenters. The first-order valence-electron chi connectivity index (χ1n) is 9.30. The number of halogens is 1. The average molecular weight is 357 g/mol. The number of nitrogens with one attached hydrogen (secondary N) is 1. The molecule has 5 heteroatoms. The number of benzene rings is 1. The number of rotatable bonds is 5. The van der Waals surface area contributed by atoms with Crippen LogP contribution >= 0.6 is 11.6 Å². The van der Waals surface area contributed by atoms with Crippen molar-refractivity contribution in [2.24, 2.45) is 0 Å². The molecule has 1 aliphatic carbocycles. The molecule has 1 saturated carbocycles. The Kier molecular flexibility index (Phi) is 4.55. The van der Waals surface area contributed by atoms with Crippen molar-refractivity contribution in [3.63, 3.8) is 0 Å². The van der Waals surface area contributed by atoms with Gasteiger partial charge in [0.1, 0.15) is 5.82 Å². The lowest BCUT2D eigenvalue weighted by Crippen LogP contribution is -2.31. The first-order chi connectivity index (χ1) is 12.1. The molecule has 1 aromatic heterocycles. The van der Waals surface area contributed by atoms with E-state index in [0.717, 1.165) is 42.7 Å². The fourth-order valence-corrected chi connectivity index (χ4v) is 3.50. The molecule has 2 heterocycles. The third kappa shape index (κ3) is 3.74. The Balaban J connectivity index is 1.61. The standard InChI is InChI=1S/C20H25ClN4/c1-3-13(2)22-20-23-18(14-4-5-14)11-19(24-20)25-9-8-15-10-17(21)7-6-16(15)12-25/h6-7,10-11,13-14H,3-5,8-9,12H2,1-2H3,(H,22,23,24)/t13-/m1/s1. The van der Waals surface area contributed by atoms with Crippen LogP contribution in [0.3, 0.4) is 0 Å². The van der Waals surface area contributed by atoms with Gasteiger partial charge < -0.3 is 10.2 Å². The quantitative estimate of drug-likeness (QED) is 0.837. The monoisotopic (exact) mass is 356 g/mol. The molecule has 0 bridgehead atoms. The van der Waals surface area contributed by atoms with E-state index >= 15 is 0 Å². The third-order valence-corrected chi connectivity index (χ3v) is 5.46. The molecule has 1 atom stereocenters. The SMILES string of the molecule is CC[C@@H](C)Nc1nc(C2CC2)cc(N2CCc3cc(Cl)ccc3C2)n1. The predicted octanol–water partition coefficient (Wildman–Crippen LogP) is 4.78. The van der Waals surface area contributed by atoms with Crippen LogP contribution in [0.2, 0.25) is 5.02 Å². The Labute approximate surface area is 154 Å². The first-order valence-corrected chi connectivity index (χ1v) is 9.68. The summed E-state index contributed by atoms with van der Waals surface area (Å²) in [7, 11) is 0. The van der Waals surface area contributed by atoms with Crippen LogP contribution in [0.15, 0.2) is 24.3 Å². The average Bonchev–Trinajstić information content (AvgIpc) is 3.46. The van der Waals surface area contributed by atoms with Gasteiger partial charge >= 0.3 is 0 Å². The van der Waals surface area contributed by atoms with Crippen molar-refractivity contribution >= 4 is 23.4 Å². The lowest BCUT2D eigenvalue weighted by Gasteiger charge is -2.30. The first kappa shape index (κ1) is 16.6. The van der Waals surface area contributed by atoms with Gasteiger partial charge in [-0.15, -0.1) is 0 Å². The zero-order valence-electron chi connectivity index (χ0n) is 14.9. The fraction of sp³-hybridized carbons (Fsp3) is 0.500. The Morgan fingerprint density at radius 1 is 1.24 bits per heavy atom. The van der Waals surface area contributed by atoms with Gasteiger partial charge in [0.2, 0.25) is 5.95 Å². The molecular weight excluding hydrogens is 332 g/mol. The van der Waals surface area contributed by atoms with Crippen molar-refractivity contribution in [3.8, 4) is 0 Å². The van der Waals surface area contributed by atoms with Crippen molar-refractivity contribution in [2.45, 2.75) is 58.0 Å². The molecule has 0 amide bonds. The second kappa shape index (κ2) is 6.83. The number of anilines is 2. The summed E-state index contributed by atoms with van der Waals surface area (Å²) >= 11 is 6.13. The lowest BCUT2D eigenvalue weighted by atomic mass is 10.00. The number of hydrogen-bond acceptors (Lipinski definition) is 4. The van der Waals surface area contributed by atoms with E-state index in [0.29, 0.717) is 12.0 Å². The number of fused-ring (bicyclic) bond motifs is 1. The second-order valence-electron chi connectivity index (χ2n) is 7.29. The highest BCUT2D eigenvalue weighted by Gasteiger charge is 2.28. The third-order valence-electron chi connectivity index (χ3n) is 5.22. The highest BCUT2D eigenvalue weighted by molar-refractivity contribution is 6.30. The van der Waals surface area contributed by atoms with E-state index in [2.05, 4.69) is 42.3 Å². The van der Waals surface area contributed by atoms with Gasteiger partial charge in [0.05, 0.1) is 5.69 Å². The number of nitrogens with zero attached hydrogens (tertiary/aromatic N) is 3. The van der Waals surface area contributed by atoms with Crippen molar-refractivity contribution < 1.29 is 0 Å². The van der Waals surface area contributed by atoms with Crippen LogP contribution < -0.4 is 10.2 Å². The second-order valence-corrected chi connectivity index (χ2v) is 7.72. The minimum atomic E-state index is 0.381. The van der Waals surface area contributed by atoms with Crippen LogP contribution in [-0.2, 0) is 13.0 Å². The molecule has 132 valence electrons. The summed E-state index contributed by atoms with van der Waals surface area (Å²) in [5, 5.41) is 4.28. The van der Waals surface area contributed by atoms with Gasteiger partial charge in [0.15, 0.2) is 0 Å². The maximum atomic E-state index is 6.13. The predicted molar refractivity (Wildman–Crippen MR) is 104 cm³/mol. The molecule has 0 saturated heterocycles. The Morgan fingerprint density at radius 3 is 2.84 bits per heavy atom. The number of aromatic nitrogens is 2. The largest absolute Gasteiger partial charge is 0.352 e. The molecule has 2 aromatic rings. The van der Waals surface area contributed by atoms with E-state index in [1.165, 1.54) is 29.7 Å². The van der Waals surface area contributed by atoms with Crippen LogP contribution in [0.1, 0.15) is 55.8 Å². The molecule has 1 fully saturated rings. The Morgan fingerprint density at radius 2 is 2.08 bits per heavy atom. The van der Waals surface area contributed by atoms with E-state index in [4.69, 9.17) is 21.6 Å². The molecule has 1 N–H and O–H groups in total. The summed E-state index contributed by atoms with van der Waals surface area (Å²) in [6.07, 6.45) is 4.57. The van der Waals surface area contributed by atoms with Crippen LogP contribution in [0.5, 0.6) is 0 Å². The van der Waals surface area contributed by atoms with Gasteiger partial charge in [0.25, 0.3) is 0 Å². The fourth-order valence-electron chi connectivity index (χ4n) is 3.31. The Hall–Kier alpha value is -1.81. The molecule has 0 spiro atoms. The van der Waals surface area contributed by atoms with E-state index < -0.39 is 0 Å². The topological polar surface area (TPSA) is 41.1 Å². The van der Waals surface area contributed by atoms with Gasteiger partial charge in [0, 0.05) is 36.1 Å². The summed E-state index contributed by atoms with van der Waals surface area (Å²) < 4.78 is 0. The minimum absolute atomic E-state index is 0.381. The van der Waals surface area contributed by atoms with Gasteiger partial charge in [-0.05, 0) is 55.9 Å². The van der Waals surface area contributed by atoms with Gasteiger partial charge in [-0.25, -0.2) is 4.98 Å². The highest BCUT2D eigenvalue weighted by atomic mass is 35.5. The molecule has 2 aliphatic rings. The summed E-state index contributed by atoms with van der Waals surface area (Å²) in [6.45, 7) is 6.21. The zero-order valence-corrected chi connectivity index (χ0v) is 15.7. The summed E-state index contributed by atoms with van der Waals surface area (Å²) in [5.41, 5.74) is 3.90. The van der Waals surface area contributed by atoms with E-state index in [1.54, 1.807) is 0 Å². The van der Waals surface area contributed by atoms with Gasteiger partial charge in [-0.2, -0.15) is 4.98 Å². The van der Waals surface area contributed by atoms with Gasteiger partial charge in [-0.3, -0.25) is 0 Å². The normalized spacial score (nSPS) is 18.0. The molecular formula is C20H25ClN4. The molecule has 25 heavy (non-hydrogen) atoms. The minimum Gasteiger partial charge on any atom is -0.352 e. The highest BCUT2D eigenvalue weighted by Crippen LogP contribution is 2.40. The summed E-state index contributed by atoms with van der Waals surface area (Å²) in [5.74, 6) is 2.44. The van der Waals surface area contributed by atoms with Crippen molar-refractivity contribution in [2.75, 3.05) is 16.8 Å². The van der Waals surface area contributed by atoms with Crippen molar-refractivity contribution in [3.05, 3.63) is 46.1 Å². The smallest absolute Gasteiger partial charge is 0.225 e. The van der Waals surface area contributed by atoms with Crippen LogP contribution in [0, 0.1) is 0 Å². The van der Waals surface area contributed by atoms with Crippen LogP contribution in [-0.4, -0.2) is 22.6 Å². The van der Waals surface area contributed by atoms with Crippen molar-refractivity contribution in [1.29, 1.82) is 0 Å². The van der Waals surface area contributed by atoms with Crippen molar-refractivity contribution in [1.82, 2.24) is 9.97 Å². The van der Waals surface area contributed by atoms with Crippen LogP contribution in [0.25, 0.3) is 0 Å². The zero-order chi connectivity index (χ0) is 17.4. The van der Waals surface area contributed by atoms with Gasteiger partial charge in [-0.1, -0.05) is 24.6 Å². The number of hydrogen-bond donors (Lipinski definition) is 1. The summed E-state index contributed by atoms with van der Waals surface area (Å²) in [4.78, 5) is 12.0. The molecule has 4 rings (SSSR count). The Bertz CT molecular complexity index is 772. The van der Waals surface area contributed by atoms with E-state index in [-0.39, 0.29) is 0 Å². The van der Waals surface area contributed by atoms with E-state index in [9.17, 15) is 0 Å². The van der Waals surface area contributed by atoms with E-state index in [1.807, 2.05) is 6.07 Å². The maximum Gasteiger partial charge on any atom is 0.225 e. The molecule has 1 aromatic carbocycles. The van der Waals surface area contributed by atoms with Crippen LogP contribution in [0.4, 0.5) is 11.8 Å². The lowest BCUT2D eigenvalue weighted by molar-refractivity contribution is 0.712. The summed E-state index contributed by atoms with van der Waals surface area (Å²) in [6, 6.07) is 8.80. The molecule has 0 radical (unpaired) electrons. The molecule has 1 aliphatic heterocycles. The maximum absolute atomic E-state index is 6.13.